The van der Waals surface area contributed by atoms with Gasteiger partial charge in [0.05, 0.1) is 16.1 Å². The molecule has 1 aromatic carbocycles. The van der Waals surface area contributed by atoms with Crippen molar-refractivity contribution in [3.05, 3.63) is 45.8 Å². The van der Waals surface area contributed by atoms with Crippen molar-refractivity contribution in [3.8, 4) is 11.3 Å². The van der Waals surface area contributed by atoms with Crippen molar-refractivity contribution >= 4 is 35.1 Å². The SMILES string of the molecule is CC(NC(=O)N(C)C1CCN(C)CC1)c1ccc(-c2nccnc2C(N)=O)c(Cl)c1Cl. The Hall–Kier alpha value is -2.42. The largest absolute Gasteiger partial charge is 0.364 e. The van der Waals surface area contributed by atoms with Gasteiger partial charge in [-0.05, 0) is 45.5 Å². The summed E-state index contributed by atoms with van der Waals surface area (Å²) in [5, 5.41) is 3.48. The molecule has 0 bridgehead atoms. The highest BCUT2D eigenvalue weighted by molar-refractivity contribution is 6.44. The Morgan fingerprint density at radius 1 is 1.19 bits per heavy atom. The van der Waals surface area contributed by atoms with E-state index in [1.54, 1.807) is 17.0 Å². The number of aromatic nitrogens is 2. The molecule has 10 heteroatoms. The number of nitrogens with two attached hydrogens (primary N) is 1. The van der Waals surface area contributed by atoms with Gasteiger partial charge in [0.25, 0.3) is 5.91 Å². The number of rotatable bonds is 5. The fraction of sp³-hybridized carbons (Fsp3) is 0.429. The highest BCUT2D eigenvalue weighted by atomic mass is 35.5. The first kappa shape index (κ1) is 23.2. The fourth-order valence-electron chi connectivity index (χ4n) is 3.71. The number of halogens is 2. The maximum absolute atomic E-state index is 12.8. The topological polar surface area (TPSA) is 104 Å². The summed E-state index contributed by atoms with van der Waals surface area (Å²) < 4.78 is 0. The smallest absolute Gasteiger partial charge is 0.317 e. The molecule has 1 aliphatic rings. The van der Waals surface area contributed by atoms with Gasteiger partial charge >= 0.3 is 6.03 Å². The van der Waals surface area contributed by atoms with E-state index in [-0.39, 0.29) is 39.5 Å². The van der Waals surface area contributed by atoms with Crippen LogP contribution in [0.5, 0.6) is 0 Å². The van der Waals surface area contributed by atoms with Crippen molar-refractivity contribution < 1.29 is 9.59 Å². The molecule has 166 valence electrons. The van der Waals surface area contributed by atoms with E-state index in [4.69, 9.17) is 28.9 Å². The van der Waals surface area contributed by atoms with E-state index in [0.717, 1.165) is 25.9 Å². The quantitative estimate of drug-likeness (QED) is 0.705. The van der Waals surface area contributed by atoms with Gasteiger partial charge in [0.1, 0.15) is 5.69 Å². The summed E-state index contributed by atoms with van der Waals surface area (Å²) in [6.45, 7) is 3.78. The second-order valence-corrected chi connectivity index (χ2v) is 8.52. The summed E-state index contributed by atoms with van der Waals surface area (Å²) >= 11 is 13.0. The molecule has 0 saturated carbocycles. The van der Waals surface area contributed by atoms with Crippen molar-refractivity contribution in [2.45, 2.75) is 31.8 Å². The lowest BCUT2D eigenvalue weighted by Crippen LogP contribution is -2.48. The summed E-state index contributed by atoms with van der Waals surface area (Å²) in [5.74, 6) is -0.711. The third-order valence-corrected chi connectivity index (χ3v) is 6.56. The number of nitrogens with zero attached hydrogens (tertiary/aromatic N) is 4. The number of benzene rings is 1. The van der Waals surface area contributed by atoms with E-state index in [1.165, 1.54) is 12.4 Å². The van der Waals surface area contributed by atoms with Crippen LogP contribution in [0, 0.1) is 0 Å². The first-order valence-corrected chi connectivity index (χ1v) is 10.8. The number of amides is 3. The van der Waals surface area contributed by atoms with E-state index >= 15 is 0 Å². The molecule has 3 amide bonds. The maximum Gasteiger partial charge on any atom is 0.317 e. The van der Waals surface area contributed by atoms with Crippen LogP contribution in [0.25, 0.3) is 11.3 Å². The monoisotopic (exact) mass is 464 g/mol. The summed E-state index contributed by atoms with van der Waals surface area (Å²) in [5.41, 5.74) is 6.76. The van der Waals surface area contributed by atoms with Gasteiger partial charge in [0.15, 0.2) is 5.69 Å². The molecule has 1 saturated heterocycles. The lowest BCUT2D eigenvalue weighted by molar-refractivity contribution is 0.0996. The van der Waals surface area contributed by atoms with Gasteiger partial charge in [-0.3, -0.25) is 9.78 Å². The van der Waals surface area contributed by atoms with Gasteiger partial charge in [-0.1, -0.05) is 35.3 Å². The lowest BCUT2D eigenvalue weighted by atomic mass is 10.0. The number of hydrogen-bond acceptors (Lipinski definition) is 5. The number of hydrogen-bond donors (Lipinski definition) is 2. The Labute approximate surface area is 191 Å². The molecule has 1 atom stereocenters. The molecule has 1 aromatic heterocycles. The van der Waals surface area contributed by atoms with Gasteiger partial charge in [-0.25, -0.2) is 9.78 Å². The van der Waals surface area contributed by atoms with E-state index in [2.05, 4.69) is 27.2 Å². The minimum Gasteiger partial charge on any atom is -0.364 e. The standard InChI is InChI=1S/C21H26Cl2N6O2/c1-12(27-21(31)29(3)13-6-10-28(2)11-7-13)14-4-5-15(17(23)16(14)22)18-19(20(24)30)26-9-8-25-18/h4-5,8-9,12-13H,6-7,10-11H2,1-3H3,(H2,24,30)(H,27,31). The lowest BCUT2D eigenvalue weighted by Gasteiger charge is -2.35. The van der Waals surface area contributed by atoms with Crippen molar-refractivity contribution in [1.29, 1.82) is 0 Å². The normalized spacial score (nSPS) is 16.0. The number of piperidine rings is 1. The van der Waals surface area contributed by atoms with Crippen LogP contribution in [0.1, 0.15) is 41.9 Å². The minimum absolute atomic E-state index is 0.00863. The van der Waals surface area contributed by atoms with Crippen LogP contribution in [0.3, 0.4) is 0 Å². The van der Waals surface area contributed by atoms with Gasteiger partial charge in [0.2, 0.25) is 0 Å². The Balaban J connectivity index is 1.78. The second-order valence-electron chi connectivity index (χ2n) is 7.76. The average molecular weight is 465 g/mol. The molecule has 3 rings (SSSR count). The van der Waals surface area contributed by atoms with Crippen molar-refractivity contribution in [2.24, 2.45) is 5.73 Å². The Kier molecular flexibility index (Phi) is 7.35. The predicted molar refractivity (Wildman–Crippen MR) is 121 cm³/mol. The first-order valence-electron chi connectivity index (χ1n) is 10.0. The highest BCUT2D eigenvalue weighted by Gasteiger charge is 2.26. The van der Waals surface area contributed by atoms with Crippen LogP contribution in [0.15, 0.2) is 24.5 Å². The van der Waals surface area contributed by atoms with Gasteiger partial charge in [0, 0.05) is 31.0 Å². The summed E-state index contributed by atoms with van der Waals surface area (Å²) in [7, 11) is 3.90. The van der Waals surface area contributed by atoms with Crippen LogP contribution in [0.4, 0.5) is 4.79 Å². The summed E-state index contributed by atoms with van der Waals surface area (Å²) in [6, 6.07) is 3.11. The number of likely N-dealkylation sites (tertiary alicyclic amines) is 1. The molecular formula is C21H26Cl2N6O2. The molecular weight excluding hydrogens is 439 g/mol. The molecule has 1 unspecified atom stereocenters. The second kappa shape index (κ2) is 9.80. The zero-order chi connectivity index (χ0) is 22.7. The molecule has 0 radical (unpaired) electrons. The molecule has 1 aliphatic heterocycles. The van der Waals surface area contributed by atoms with Gasteiger partial charge in [-0.2, -0.15) is 0 Å². The number of nitrogens with one attached hydrogen (secondary N) is 1. The average Bonchev–Trinajstić information content (AvgIpc) is 2.75. The van der Waals surface area contributed by atoms with E-state index in [9.17, 15) is 9.59 Å². The Bertz CT molecular complexity index is 978. The van der Waals surface area contributed by atoms with Crippen molar-refractivity contribution in [2.75, 3.05) is 27.2 Å². The van der Waals surface area contributed by atoms with E-state index in [0.29, 0.717) is 11.1 Å². The third-order valence-electron chi connectivity index (χ3n) is 5.66. The van der Waals surface area contributed by atoms with Gasteiger partial charge < -0.3 is 20.9 Å². The minimum atomic E-state index is -0.711. The number of carbonyl (C=O) groups excluding carboxylic acids is 2. The zero-order valence-electron chi connectivity index (χ0n) is 17.7. The van der Waals surface area contributed by atoms with Crippen molar-refractivity contribution in [1.82, 2.24) is 25.1 Å². The number of urea groups is 1. The molecule has 2 heterocycles. The Morgan fingerprint density at radius 3 is 2.48 bits per heavy atom. The molecule has 3 N–H and O–H groups in total. The predicted octanol–water partition coefficient (Wildman–Crippen LogP) is 3.35. The molecule has 0 spiro atoms. The van der Waals surface area contributed by atoms with Crippen LogP contribution >= 0.6 is 23.2 Å². The fourth-order valence-corrected chi connectivity index (χ4v) is 4.30. The van der Waals surface area contributed by atoms with Crippen LogP contribution in [-0.2, 0) is 0 Å². The molecule has 31 heavy (non-hydrogen) atoms. The third kappa shape index (κ3) is 5.08. The van der Waals surface area contributed by atoms with Crippen LogP contribution < -0.4 is 11.1 Å². The van der Waals surface area contributed by atoms with Crippen LogP contribution in [0.2, 0.25) is 10.0 Å². The zero-order valence-corrected chi connectivity index (χ0v) is 19.2. The van der Waals surface area contributed by atoms with Crippen LogP contribution in [-0.4, -0.2) is 64.9 Å². The molecule has 0 aliphatic carbocycles. The van der Waals surface area contributed by atoms with Crippen molar-refractivity contribution in [3.63, 3.8) is 0 Å². The summed E-state index contributed by atoms with van der Waals surface area (Å²) in [6.07, 6.45) is 4.71. The van der Waals surface area contributed by atoms with Gasteiger partial charge in [-0.15, -0.1) is 0 Å². The van der Waals surface area contributed by atoms with E-state index in [1.807, 2.05) is 14.0 Å². The first-order chi connectivity index (χ1) is 14.7. The highest BCUT2D eigenvalue weighted by Crippen LogP contribution is 2.38. The molecule has 2 aromatic rings. The molecule has 8 nitrogen and oxygen atoms in total. The Morgan fingerprint density at radius 2 is 1.84 bits per heavy atom. The van der Waals surface area contributed by atoms with E-state index < -0.39 is 5.91 Å². The number of primary amides is 1. The maximum atomic E-state index is 12.8. The molecule has 1 fully saturated rings. The summed E-state index contributed by atoms with van der Waals surface area (Å²) in [4.78, 5) is 36.6. The number of carbonyl (C=O) groups is 2.